The van der Waals surface area contributed by atoms with Crippen molar-refractivity contribution < 1.29 is 14.6 Å². The molecule has 0 aliphatic heterocycles. The predicted molar refractivity (Wildman–Crippen MR) is 78.0 cm³/mol. The van der Waals surface area contributed by atoms with Gasteiger partial charge < -0.3 is 20.3 Å². The number of nitrogen functional groups attached to an aromatic ring is 1. The average molecular weight is 336 g/mol. The molecule has 6 heteroatoms. The number of thioether (sulfide) groups is 1. The van der Waals surface area contributed by atoms with Gasteiger partial charge in [0.1, 0.15) is 0 Å². The summed E-state index contributed by atoms with van der Waals surface area (Å²) in [5.41, 5.74) is 6.58. The highest BCUT2D eigenvalue weighted by Crippen LogP contribution is 2.28. The van der Waals surface area contributed by atoms with Gasteiger partial charge in [-0.2, -0.15) is 0 Å². The molecule has 0 heterocycles. The molecule has 1 aromatic rings. The summed E-state index contributed by atoms with van der Waals surface area (Å²) in [4.78, 5) is 0.967. The molecule has 1 unspecified atom stereocenters. The highest BCUT2D eigenvalue weighted by Gasteiger charge is 2.07. The van der Waals surface area contributed by atoms with E-state index in [0.717, 1.165) is 9.37 Å². The third-order valence-corrected chi connectivity index (χ3v) is 3.87. The van der Waals surface area contributed by atoms with Gasteiger partial charge in [-0.25, -0.2) is 0 Å². The number of ether oxygens (including phenoxy) is 2. The lowest BCUT2D eigenvalue weighted by Gasteiger charge is -2.12. The molecular weight excluding hydrogens is 318 g/mol. The van der Waals surface area contributed by atoms with Gasteiger partial charge >= 0.3 is 0 Å². The van der Waals surface area contributed by atoms with Gasteiger partial charge in [-0.1, -0.05) is 15.9 Å². The van der Waals surface area contributed by atoms with E-state index in [0.29, 0.717) is 31.3 Å². The molecule has 1 rings (SSSR count). The molecule has 102 valence electrons. The summed E-state index contributed by atoms with van der Waals surface area (Å²) in [6, 6.07) is 5.71. The van der Waals surface area contributed by atoms with Crippen LogP contribution in [0.5, 0.6) is 0 Å². The van der Waals surface area contributed by atoms with E-state index in [2.05, 4.69) is 15.9 Å². The monoisotopic (exact) mass is 335 g/mol. The average Bonchev–Trinajstić information content (AvgIpc) is 2.33. The van der Waals surface area contributed by atoms with Crippen LogP contribution >= 0.6 is 27.7 Å². The minimum absolute atomic E-state index is 0.312. The molecule has 18 heavy (non-hydrogen) atoms. The van der Waals surface area contributed by atoms with Crippen LogP contribution in [0.15, 0.2) is 27.6 Å². The number of hydrogen-bond acceptors (Lipinski definition) is 5. The number of benzene rings is 1. The lowest BCUT2D eigenvalue weighted by atomic mass is 10.3. The van der Waals surface area contributed by atoms with Crippen molar-refractivity contribution in [3.63, 3.8) is 0 Å². The molecule has 0 bridgehead atoms. The molecule has 1 atom stereocenters. The van der Waals surface area contributed by atoms with Crippen LogP contribution in [-0.2, 0) is 9.47 Å². The fourth-order valence-electron chi connectivity index (χ4n) is 1.25. The minimum atomic E-state index is -0.505. The molecule has 4 nitrogen and oxygen atoms in total. The van der Waals surface area contributed by atoms with E-state index in [9.17, 15) is 5.11 Å². The molecule has 0 aromatic heterocycles. The summed E-state index contributed by atoms with van der Waals surface area (Å²) in [7, 11) is 1.62. The Morgan fingerprint density at radius 2 is 2.22 bits per heavy atom. The van der Waals surface area contributed by atoms with E-state index >= 15 is 0 Å². The topological polar surface area (TPSA) is 64.7 Å². The van der Waals surface area contributed by atoms with Gasteiger partial charge in [0, 0.05) is 27.9 Å². The third-order valence-electron chi connectivity index (χ3n) is 2.15. The van der Waals surface area contributed by atoms with Crippen LogP contribution in [0.2, 0.25) is 0 Å². The number of aliphatic hydroxyl groups excluding tert-OH is 1. The third kappa shape index (κ3) is 6.06. The first-order valence-electron chi connectivity index (χ1n) is 5.56. The van der Waals surface area contributed by atoms with E-state index in [4.69, 9.17) is 15.2 Å². The fraction of sp³-hybridized carbons (Fsp3) is 0.500. The minimum Gasteiger partial charge on any atom is -0.398 e. The van der Waals surface area contributed by atoms with E-state index in [1.165, 1.54) is 11.8 Å². The normalized spacial score (nSPS) is 12.6. The maximum Gasteiger partial charge on any atom is 0.0867 e. The SMILES string of the molecule is COCCOCC(O)CSc1ccc(Br)cc1N. The van der Waals surface area contributed by atoms with Crippen molar-refractivity contribution in [2.45, 2.75) is 11.0 Å². The quantitative estimate of drug-likeness (QED) is 0.433. The summed E-state index contributed by atoms with van der Waals surface area (Å²) in [5.74, 6) is 0.554. The molecule has 0 aliphatic rings. The molecule has 0 spiro atoms. The van der Waals surface area contributed by atoms with Gasteiger partial charge in [-0.05, 0) is 18.2 Å². The fourth-order valence-corrected chi connectivity index (χ4v) is 2.48. The van der Waals surface area contributed by atoms with Crippen LogP contribution in [0.3, 0.4) is 0 Å². The summed E-state index contributed by atoms with van der Waals surface area (Å²) in [6.07, 6.45) is -0.505. The smallest absolute Gasteiger partial charge is 0.0867 e. The van der Waals surface area contributed by atoms with Crippen LogP contribution in [0, 0.1) is 0 Å². The standard InChI is InChI=1S/C12H18BrNO3S/c1-16-4-5-17-7-10(15)8-18-12-3-2-9(13)6-11(12)14/h2-3,6,10,15H,4-5,7-8,14H2,1H3. The van der Waals surface area contributed by atoms with Crippen LogP contribution in [0.1, 0.15) is 0 Å². The van der Waals surface area contributed by atoms with Crippen LogP contribution in [-0.4, -0.2) is 43.9 Å². The number of methoxy groups -OCH3 is 1. The Morgan fingerprint density at radius 1 is 1.44 bits per heavy atom. The lowest BCUT2D eigenvalue weighted by molar-refractivity contribution is 0.0218. The molecule has 0 saturated carbocycles. The van der Waals surface area contributed by atoms with E-state index < -0.39 is 6.10 Å². The molecule has 0 amide bonds. The lowest BCUT2D eigenvalue weighted by Crippen LogP contribution is -2.19. The van der Waals surface area contributed by atoms with Gasteiger partial charge in [0.2, 0.25) is 0 Å². The molecule has 3 N–H and O–H groups in total. The van der Waals surface area contributed by atoms with E-state index in [1.807, 2.05) is 18.2 Å². The number of halogens is 1. The van der Waals surface area contributed by atoms with Crippen molar-refractivity contribution >= 4 is 33.4 Å². The maximum absolute atomic E-state index is 9.72. The number of hydrogen-bond donors (Lipinski definition) is 2. The first-order valence-corrected chi connectivity index (χ1v) is 7.34. The summed E-state index contributed by atoms with van der Waals surface area (Å²) >= 11 is 4.88. The van der Waals surface area contributed by atoms with Crippen molar-refractivity contribution in [1.29, 1.82) is 0 Å². The number of nitrogens with two attached hydrogens (primary N) is 1. The summed E-state index contributed by atoms with van der Waals surface area (Å²) < 4.78 is 11.0. The van der Waals surface area contributed by atoms with Gasteiger partial charge in [-0.15, -0.1) is 11.8 Å². The molecule has 0 saturated heterocycles. The van der Waals surface area contributed by atoms with Gasteiger partial charge in [-0.3, -0.25) is 0 Å². The first kappa shape index (κ1) is 15.8. The van der Waals surface area contributed by atoms with Crippen molar-refractivity contribution in [2.75, 3.05) is 38.4 Å². The van der Waals surface area contributed by atoms with Crippen molar-refractivity contribution in [3.05, 3.63) is 22.7 Å². The van der Waals surface area contributed by atoms with Gasteiger partial charge in [0.05, 0.1) is 25.9 Å². The maximum atomic E-state index is 9.72. The number of aliphatic hydroxyl groups is 1. The zero-order valence-corrected chi connectivity index (χ0v) is 12.7. The van der Waals surface area contributed by atoms with Gasteiger partial charge in [0.25, 0.3) is 0 Å². The molecule has 0 radical (unpaired) electrons. The van der Waals surface area contributed by atoms with Crippen LogP contribution in [0.4, 0.5) is 5.69 Å². The first-order chi connectivity index (χ1) is 8.63. The van der Waals surface area contributed by atoms with Gasteiger partial charge in [0.15, 0.2) is 0 Å². The Kier molecular flexibility index (Phi) is 7.69. The summed E-state index contributed by atoms with van der Waals surface area (Å²) in [6.45, 7) is 1.35. The van der Waals surface area contributed by atoms with Crippen LogP contribution < -0.4 is 5.73 Å². The Bertz CT molecular complexity index is 365. The highest BCUT2D eigenvalue weighted by molar-refractivity contribution is 9.10. The van der Waals surface area contributed by atoms with Crippen LogP contribution in [0.25, 0.3) is 0 Å². The number of rotatable bonds is 8. The Hall–Kier alpha value is -0.270. The Labute approximate surface area is 120 Å². The second-order valence-corrected chi connectivity index (χ2v) is 5.69. The predicted octanol–water partition coefficient (Wildman–Crippen LogP) is 2.15. The second kappa shape index (κ2) is 8.77. The van der Waals surface area contributed by atoms with Crippen molar-refractivity contribution in [1.82, 2.24) is 0 Å². The molecule has 0 fully saturated rings. The summed E-state index contributed by atoms with van der Waals surface area (Å²) in [5, 5.41) is 9.72. The Balaban J connectivity index is 2.27. The highest BCUT2D eigenvalue weighted by atomic mass is 79.9. The van der Waals surface area contributed by atoms with Crippen molar-refractivity contribution in [3.8, 4) is 0 Å². The zero-order valence-electron chi connectivity index (χ0n) is 10.3. The van der Waals surface area contributed by atoms with Crippen molar-refractivity contribution in [2.24, 2.45) is 0 Å². The second-order valence-electron chi connectivity index (χ2n) is 3.71. The molecular formula is C12H18BrNO3S. The van der Waals surface area contributed by atoms with E-state index in [-0.39, 0.29) is 0 Å². The Morgan fingerprint density at radius 3 is 2.89 bits per heavy atom. The molecule has 1 aromatic carbocycles. The zero-order chi connectivity index (χ0) is 13.4. The largest absolute Gasteiger partial charge is 0.398 e. The number of anilines is 1. The van der Waals surface area contributed by atoms with E-state index in [1.54, 1.807) is 7.11 Å². The molecule has 0 aliphatic carbocycles.